The van der Waals surface area contributed by atoms with Gasteiger partial charge in [-0.3, -0.25) is 9.69 Å². The summed E-state index contributed by atoms with van der Waals surface area (Å²) in [4.78, 5) is 33.0. The highest BCUT2D eigenvalue weighted by Crippen LogP contribution is 2.22. The van der Waals surface area contributed by atoms with Crippen LogP contribution in [0.2, 0.25) is 0 Å². The Balaban J connectivity index is 1.22. The van der Waals surface area contributed by atoms with Crippen molar-refractivity contribution in [3.05, 3.63) is 82.8 Å². The summed E-state index contributed by atoms with van der Waals surface area (Å²) in [5.74, 6) is 1.84. The van der Waals surface area contributed by atoms with Crippen LogP contribution in [-0.2, 0) is 6.54 Å². The van der Waals surface area contributed by atoms with Crippen molar-refractivity contribution in [3.8, 4) is 11.6 Å². The lowest BCUT2D eigenvalue weighted by Gasteiger charge is -2.34. The van der Waals surface area contributed by atoms with Gasteiger partial charge in [0.1, 0.15) is 17.4 Å². The number of nitrogens with zero attached hydrogens (tertiary/aromatic N) is 5. The molecule has 0 atom stereocenters. The minimum atomic E-state index is -0.318. The van der Waals surface area contributed by atoms with Crippen LogP contribution in [0, 0.1) is 5.82 Å². The zero-order valence-corrected chi connectivity index (χ0v) is 17.2. The summed E-state index contributed by atoms with van der Waals surface area (Å²) >= 11 is 0. The molecule has 32 heavy (non-hydrogen) atoms. The SMILES string of the molecule is O=c1[nH]c(CN2CCN(c3nccc(Oc4ccc(F)cc4)n3)CC2)nc2ccccc12. The van der Waals surface area contributed by atoms with Gasteiger partial charge in [0.25, 0.3) is 5.56 Å². The van der Waals surface area contributed by atoms with E-state index in [4.69, 9.17) is 4.74 Å². The standard InChI is InChI=1S/C23H21FN6O2/c24-16-5-7-17(8-6-16)32-21-9-10-25-23(28-21)30-13-11-29(12-14-30)15-20-26-19-4-2-1-3-18(19)22(31)27-20/h1-10H,11-15H2,(H,26,27,31). The van der Waals surface area contributed by atoms with E-state index in [1.807, 2.05) is 18.2 Å². The first kappa shape index (κ1) is 20.1. The zero-order valence-electron chi connectivity index (χ0n) is 17.2. The third-order valence-corrected chi connectivity index (χ3v) is 5.34. The number of aromatic nitrogens is 4. The predicted octanol–water partition coefficient (Wildman–Crippen LogP) is 2.97. The van der Waals surface area contributed by atoms with Crippen LogP contribution < -0.4 is 15.2 Å². The average Bonchev–Trinajstić information content (AvgIpc) is 2.81. The molecular formula is C23H21FN6O2. The van der Waals surface area contributed by atoms with Crippen molar-refractivity contribution in [3.63, 3.8) is 0 Å². The van der Waals surface area contributed by atoms with Gasteiger partial charge in [0.15, 0.2) is 0 Å². The summed E-state index contributed by atoms with van der Waals surface area (Å²) in [6.45, 7) is 3.60. The minimum absolute atomic E-state index is 0.115. The predicted molar refractivity (Wildman–Crippen MR) is 118 cm³/mol. The van der Waals surface area contributed by atoms with Gasteiger partial charge in [0.2, 0.25) is 11.8 Å². The Morgan fingerprint density at radius 3 is 2.56 bits per heavy atom. The molecule has 0 bridgehead atoms. The monoisotopic (exact) mass is 432 g/mol. The van der Waals surface area contributed by atoms with E-state index in [0.29, 0.717) is 40.8 Å². The van der Waals surface area contributed by atoms with E-state index >= 15 is 0 Å². The van der Waals surface area contributed by atoms with Crippen LogP contribution >= 0.6 is 0 Å². The van der Waals surface area contributed by atoms with Crippen molar-refractivity contribution >= 4 is 16.9 Å². The molecule has 4 aromatic rings. The van der Waals surface area contributed by atoms with Crippen molar-refractivity contribution in [1.82, 2.24) is 24.8 Å². The van der Waals surface area contributed by atoms with Crippen LogP contribution in [0.3, 0.4) is 0 Å². The van der Waals surface area contributed by atoms with Gasteiger partial charge in [-0.25, -0.2) is 14.4 Å². The number of hydrogen-bond acceptors (Lipinski definition) is 7. The smallest absolute Gasteiger partial charge is 0.258 e. The number of para-hydroxylation sites is 1. The largest absolute Gasteiger partial charge is 0.439 e. The van der Waals surface area contributed by atoms with Gasteiger partial charge >= 0.3 is 0 Å². The molecule has 1 fully saturated rings. The van der Waals surface area contributed by atoms with Crippen LogP contribution in [-0.4, -0.2) is 51.0 Å². The summed E-state index contributed by atoms with van der Waals surface area (Å²) < 4.78 is 18.8. The third-order valence-electron chi connectivity index (χ3n) is 5.34. The lowest BCUT2D eigenvalue weighted by Crippen LogP contribution is -2.46. The molecule has 0 amide bonds. The number of benzene rings is 2. The second-order valence-electron chi connectivity index (χ2n) is 7.54. The number of piperazine rings is 1. The van der Waals surface area contributed by atoms with Gasteiger partial charge < -0.3 is 14.6 Å². The van der Waals surface area contributed by atoms with E-state index < -0.39 is 0 Å². The Hall–Kier alpha value is -3.85. The van der Waals surface area contributed by atoms with Gasteiger partial charge in [-0.2, -0.15) is 4.98 Å². The van der Waals surface area contributed by atoms with Crippen molar-refractivity contribution < 1.29 is 9.13 Å². The van der Waals surface area contributed by atoms with Crippen LogP contribution in [0.5, 0.6) is 11.6 Å². The van der Waals surface area contributed by atoms with Crippen LogP contribution in [0.25, 0.3) is 10.9 Å². The first-order chi connectivity index (χ1) is 15.6. The second kappa shape index (κ2) is 8.72. The lowest BCUT2D eigenvalue weighted by atomic mass is 10.2. The van der Waals surface area contributed by atoms with E-state index in [1.54, 1.807) is 30.5 Å². The van der Waals surface area contributed by atoms with Crippen LogP contribution in [0.15, 0.2) is 65.6 Å². The Kier molecular flexibility index (Phi) is 5.47. The topological polar surface area (TPSA) is 87.2 Å². The molecule has 1 saturated heterocycles. The Labute approximate surface area is 183 Å². The van der Waals surface area contributed by atoms with E-state index in [2.05, 4.69) is 29.7 Å². The maximum Gasteiger partial charge on any atom is 0.258 e. The highest BCUT2D eigenvalue weighted by atomic mass is 19.1. The van der Waals surface area contributed by atoms with Crippen molar-refractivity contribution in [2.75, 3.05) is 31.1 Å². The molecule has 1 aliphatic rings. The first-order valence-electron chi connectivity index (χ1n) is 10.4. The second-order valence-corrected chi connectivity index (χ2v) is 7.54. The number of anilines is 1. The molecule has 0 unspecified atom stereocenters. The summed E-state index contributed by atoms with van der Waals surface area (Å²) in [5.41, 5.74) is 0.590. The fourth-order valence-corrected chi connectivity index (χ4v) is 3.69. The van der Waals surface area contributed by atoms with Crippen molar-refractivity contribution in [2.24, 2.45) is 0 Å². The van der Waals surface area contributed by atoms with Gasteiger partial charge in [-0.05, 0) is 36.4 Å². The van der Waals surface area contributed by atoms with Gasteiger partial charge in [0, 0.05) is 38.4 Å². The average molecular weight is 432 g/mol. The van der Waals surface area contributed by atoms with E-state index in [-0.39, 0.29) is 11.4 Å². The molecule has 0 radical (unpaired) electrons. The minimum Gasteiger partial charge on any atom is -0.439 e. The number of fused-ring (bicyclic) bond motifs is 1. The molecule has 1 aliphatic heterocycles. The van der Waals surface area contributed by atoms with Gasteiger partial charge in [0.05, 0.1) is 17.4 Å². The van der Waals surface area contributed by atoms with E-state index in [1.165, 1.54) is 12.1 Å². The lowest BCUT2D eigenvalue weighted by molar-refractivity contribution is 0.243. The number of nitrogens with one attached hydrogen (secondary N) is 1. The molecule has 0 aliphatic carbocycles. The van der Waals surface area contributed by atoms with Crippen LogP contribution in [0.1, 0.15) is 5.82 Å². The molecular weight excluding hydrogens is 411 g/mol. The van der Waals surface area contributed by atoms with Crippen LogP contribution in [0.4, 0.5) is 10.3 Å². The molecule has 3 heterocycles. The van der Waals surface area contributed by atoms with E-state index in [0.717, 1.165) is 26.2 Å². The molecule has 2 aromatic carbocycles. The number of ether oxygens (including phenoxy) is 1. The molecule has 9 heteroatoms. The summed E-state index contributed by atoms with van der Waals surface area (Å²) in [6.07, 6.45) is 1.65. The normalized spacial score (nSPS) is 14.6. The number of H-pyrrole nitrogens is 1. The number of halogens is 1. The van der Waals surface area contributed by atoms with Gasteiger partial charge in [-0.1, -0.05) is 12.1 Å². The molecule has 1 N–H and O–H groups in total. The first-order valence-corrected chi connectivity index (χ1v) is 10.4. The molecule has 0 spiro atoms. The maximum absolute atomic E-state index is 13.1. The molecule has 162 valence electrons. The number of hydrogen-bond donors (Lipinski definition) is 1. The fourth-order valence-electron chi connectivity index (χ4n) is 3.69. The molecule has 2 aromatic heterocycles. The Bertz CT molecular complexity index is 1290. The summed E-state index contributed by atoms with van der Waals surface area (Å²) in [7, 11) is 0. The molecule has 0 saturated carbocycles. The van der Waals surface area contributed by atoms with E-state index in [9.17, 15) is 9.18 Å². The summed E-state index contributed by atoms with van der Waals surface area (Å²) in [5, 5.41) is 0.598. The molecule has 5 rings (SSSR count). The third kappa shape index (κ3) is 4.42. The number of aromatic amines is 1. The van der Waals surface area contributed by atoms with Crippen molar-refractivity contribution in [1.29, 1.82) is 0 Å². The zero-order chi connectivity index (χ0) is 21.9. The fraction of sp³-hybridized carbons (Fsp3) is 0.217. The molecule has 8 nitrogen and oxygen atoms in total. The maximum atomic E-state index is 13.1. The quantitative estimate of drug-likeness (QED) is 0.519. The summed E-state index contributed by atoms with van der Waals surface area (Å²) in [6, 6.07) is 14.8. The Morgan fingerprint density at radius 1 is 0.969 bits per heavy atom. The van der Waals surface area contributed by atoms with Gasteiger partial charge in [-0.15, -0.1) is 0 Å². The highest BCUT2D eigenvalue weighted by Gasteiger charge is 2.20. The highest BCUT2D eigenvalue weighted by molar-refractivity contribution is 5.77. The number of rotatable bonds is 5. The Morgan fingerprint density at radius 2 is 1.75 bits per heavy atom. The van der Waals surface area contributed by atoms with Crippen molar-refractivity contribution in [2.45, 2.75) is 6.54 Å².